The molecule has 106 valence electrons. The Morgan fingerprint density at radius 3 is 2.90 bits per heavy atom. The summed E-state index contributed by atoms with van der Waals surface area (Å²) in [7, 11) is 1.70. The standard InChI is InChI=1S/C13H13Cl2N3O2/c1-19-8-5-11(16-6-8)13-17-12(18-20-13)7-2-3-9(14)10(15)4-7/h2-4,8,11,16H,5-6H2,1H3. The first-order chi connectivity index (χ1) is 9.67. The summed E-state index contributed by atoms with van der Waals surface area (Å²) >= 11 is 11.9. The molecule has 2 heterocycles. The predicted molar refractivity (Wildman–Crippen MR) is 75.9 cm³/mol. The molecule has 20 heavy (non-hydrogen) atoms. The summed E-state index contributed by atoms with van der Waals surface area (Å²) in [5.41, 5.74) is 0.774. The lowest BCUT2D eigenvalue weighted by Gasteiger charge is -2.04. The maximum absolute atomic E-state index is 5.99. The van der Waals surface area contributed by atoms with Crippen LogP contribution in [-0.2, 0) is 4.74 Å². The van der Waals surface area contributed by atoms with E-state index in [-0.39, 0.29) is 12.1 Å². The van der Waals surface area contributed by atoms with Crippen LogP contribution < -0.4 is 5.32 Å². The smallest absolute Gasteiger partial charge is 0.244 e. The third-order valence-corrected chi connectivity index (χ3v) is 4.08. The van der Waals surface area contributed by atoms with Gasteiger partial charge in [-0.25, -0.2) is 0 Å². The average molecular weight is 314 g/mol. The molecular weight excluding hydrogens is 301 g/mol. The number of benzene rings is 1. The van der Waals surface area contributed by atoms with Gasteiger partial charge >= 0.3 is 0 Å². The molecule has 1 fully saturated rings. The Morgan fingerprint density at radius 2 is 2.20 bits per heavy atom. The van der Waals surface area contributed by atoms with Crippen LogP contribution in [0.4, 0.5) is 0 Å². The van der Waals surface area contributed by atoms with Crippen LogP contribution in [0.3, 0.4) is 0 Å². The van der Waals surface area contributed by atoms with Crippen molar-refractivity contribution >= 4 is 23.2 Å². The fourth-order valence-electron chi connectivity index (χ4n) is 2.20. The van der Waals surface area contributed by atoms with Crippen molar-refractivity contribution in [1.29, 1.82) is 0 Å². The van der Waals surface area contributed by atoms with Crippen molar-refractivity contribution in [3.8, 4) is 11.4 Å². The van der Waals surface area contributed by atoms with Crippen molar-refractivity contribution < 1.29 is 9.26 Å². The van der Waals surface area contributed by atoms with Crippen molar-refractivity contribution in [2.45, 2.75) is 18.6 Å². The highest BCUT2D eigenvalue weighted by Crippen LogP contribution is 2.29. The molecule has 1 saturated heterocycles. The third kappa shape index (κ3) is 2.67. The van der Waals surface area contributed by atoms with Gasteiger partial charge in [0.15, 0.2) is 0 Å². The van der Waals surface area contributed by atoms with Gasteiger partial charge in [-0.3, -0.25) is 0 Å². The van der Waals surface area contributed by atoms with E-state index in [9.17, 15) is 0 Å². The number of ether oxygens (including phenoxy) is 1. The number of nitrogens with one attached hydrogen (secondary N) is 1. The second-order valence-electron chi connectivity index (χ2n) is 4.64. The molecule has 3 rings (SSSR count). The number of aromatic nitrogens is 2. The highest BCUT2D eigenvalue weighted by atomic mass is 35.5. The van der Waals surface area contributed by atoms with E-state index in [0.29, 0.717) is 21.8 Å². The summed E-state index contributed by atoms with van der Waals surface area (Å²) < 4.78 is 10.6. The molecule has 0 amide bonds. The van der Waals surface area contributed by atoms with Gasteiger partial charge in [0.25, 0.3) is 0 Å². The lowest BCUT2D eigenvalue weighted by Crippen LogP contribution is -2.16. The van der Waals surface area contributed by atoms with Crippen LogP contribution in [0.15, 0.2) is 22.7 Å². The zero-order valence-corrected chi connectivity index (χ0v) is 12.3. The minimum atomic E-state index is 0.0315. The lowest BCUT2D eigenvalue weighted by atomic mass is 10.2. The predicted octanol–water partition coefficient (Wildman–Crippen LogP) is 3.09. The Labute approximate surface area is 126 Å². The highest BCUT2D eigenvalue weighted by molar-refractivity contribution is 6.42. The normalized spacial score (nSPS) is 22.4. The molecule has 7 heteroatoms. The summed E-state index contributed by atoms with van der Waals surface area (Å²) in [4.78, 5) is 4.40. The van der Waals surface area contributed by atoms with E-state index in [1.54, 1.807) is 19.2 Å². The largest absolute Gasteiger partial charge is 0.380 e. The van der Waals surface area contributed by atoms with Crippen LogP contribution in [0.1, 0.15) is 18.4 Å². The van der Waals surface area contributed by atoms with Gasteiger partial charge < -0.3 is 14.6 Å². The summed E-state index contributed by atoms with van der Waals surface area (Å²) in [5, 5.41) is 8.24. The lowest BCUT2D eigenvalue weighted by molar-refractivity contribution is 0.116. The molecule has 0 aliphatic carbocycles. The van der Waals surface area contributed by atoms with Gasteiger partial charge in [0.1, 0.15) is 0 Å². The maximum Gasteiger partial charge on any atom is 0.244 e. The Kier molecular flexibility index (Phi) is 3.94. The van der Waals surface area contributed by atoms with Crippen molar-refractivity contribution in [1.82, 2.24) is 15.5 Å². The highest BCUT2D eigenvalue weighted by Gasteiger charge is 2.29. The number of methoxy groups -OCH3 is 1. The van der Waals surface area contributed by atoms with Gasteiger partial charge in [-0.15, -0.1) is 0 Å². The first kappa shape index (κ1) is 13.8. The van der Waals surface area contributed by atoms with E-state index in [1.807, 2.05) is 6.07 Å². The van der Waals surface area contributed by atoms with Gasteiger partial charge in [0, 0.05) is 19.2 Å². The molecule has 1 N–H and O–H groups in total. The van der Waals surface area contributed by atoms with Crippen LogP contribution in [0.2, 0.25) is 10.0 Å². The van der Waals surface area contributed by atoms with E-state index >= 15 is 0 Å². The first-order valence-electron chi connectivity index (χ1n) is 6.22. The van der Waals surface area contributed by atoms with Crippen molar-refractivity contribution in [2.75, 3.05) is 13.7 Å². The molecular formula is C13H13Cl2N3O2. The van der Waals surface area contributed by atoms with E-state index in [4.69, 9.17) is 32.5 Å². The molecule has 1 aliphatic rings. The molecule has 0 saturated carbocycles. The fraction of sp³-hybridized carbons (Fsp3) is 0.385. The van der Waals surface area contributed by atoms with Gasteiger partial charge in [0.05, 0.1) is 22.2 Å². The first-order valence-corrected chi connectivity index (χ1v) is 6.98. The molecule has 1 aromatic carbocycles. The van der Waals surface area contributed by atoms with Gasteiger partial charge in [0.2, 0.25) is 11.7 Å². The van der Waals surface area contributed by atoms with Crippen LogP contribution in [0.25, 0.3) is 11.4 Å². The zero-order valence-electron chi connectivity index (χ0n) is 10.8. The van der Waals surface area contributed by atoms with Crippen LogP contribution in [-0.4, -0.2) is 29.9 Å². The van der Waals surface area contributed by atoms with Gasteiger partial charge in [-0.2, -0.15) is 4.98 Å². The van der Waals surface area contributed by atoms with Crippen molar-refractivity contribution in [3.05, 3.63) is 34.1 Å². The third-order valence-electron chi connectivity index (χ3n) is 3.34. The summed E-state index contributed by atoms with van der Waals surface area (Å²) in [6, 6.07) is 5.27. The quantitative estimate of drug-likeness (QED) is 0.943. The average Bonchev–Trinajstić information content (AvgIpc) is 3.09. The van der Waals surface area contributed by atoms with Gasteiger partial charge in [-0.05, 0) is 24.6 Å². The van der Waals surface area contributed by atoms with E-state index < -0.39 is 0 Å². The van der Waals surface area contributed by atoms with E-state index in [1.165, 1.54) is 0 Å². The van der Waals surface area contributed by atoms with Crippen LogP contribution in [0.5, 0.6) is 0 Å². The van der Waals surface area contributed by atoms with Crippen molar-refractivity contribution in [2.24, 2.45) is 0 Å². The molecule has 1 aliphatic heterocycles. The molecule has 0 bridgehead atoms. The minimum Gasteiger partial charge on any atom is -0.380 e. The number of hydrogen-bond donors (Lipinski definition) is 1. The Balaban J connectivity index is 1.81. The second-order valence-corrected chi connectivity index (χ2v) is 5.45. The molecule has 1 aromatic heterocycles. The fourth-order valence-corrected chi connectivity index (χ4v) is 2.50. The van der Waals surface area contributed by atoms with Gasteiger partial charge in [-0.1, -0.05) is 28.4 Å². The molecule has 5 nitrogen and oxygen atoms in total. The van der Waals surface area contributed by atoms with Crippen molar-refractivity contribution in [3.63, 3.8) is 0 Å². The molecule has 2 aromatic rings. The maximum atomic E-state index is 5.99. The van der Waals surface area contributed by atoms with Crippen LogP contribution in [0, 0.1) is 0 Å². The van der Waals surface area contributed by atoms with E-state index in [0.717, 1.165) is 18.5 Å². The zero-order chi connectivity index (χ0) is 14.1. The molecule has 0 radical (unpaired) electrons. The monoisotopic (exact) mass is 313 g/mol. The molecule has 2 unspecified atom stereocenters. The summed E-state index contributed by atoms with van der Waals surface area (Å²) in [6.07, 6.45) is 1.000. The number of rotatable bonds is 3. The number of nitrogens with zero attached hydrogens (tertiary/aromatic N) is 2. The Hall–Kier alpha value is -1.14. The number of halogens is 2. The summed E-state index contributed by atoms with van der Waals surface area (Å²) in [5.74, 6) is 1.06. The summed E-state index contributed by atoms with van der Waals surface area (Å²) in [6.45, 7) is 0.783. The Morgan fingerprint density at radius 1 is 1.35 bits per heavy atom. The number of hydrogen-bond acceptors (Lipinski definition) is 5. The topological polar surface area (TPSA) is 60.2 Å². The molecule has 2 atom stereocenters. The minimum absolute atomic E-state index is 0.0315. The molecule has 0 spiro atoms. The second kappa shape index (κ2) is 5.69. The van der Waals surface area contributed by atoms with Crippen LogP contribution >= 0.6 is 23.2 Å². The SMILES string of the molecule is COC1CNC(c2nc(-c3ccc(Cl)c(Cl)c3)no2)C1. The van der Waals surface area contributed by atoms with E-state index in [2.05, 4.69) is 15.5 Å². The Bertz CT molecular complexity index is 617.